The van der Waals surface area contributed by atoms with Gasteiger partial charge >= 0.3 is 0 Å². The van der Waals surface area contributed by atoms with E-state index in [1.807, 2.05) is 47.4 Å². The minimum atomic E-state index is 0.0720. The van der Waals surface area contributed by atoms with Crippen LogP contribution in [0.2, 0.25) is 5.02 Å². The van der Waals surface area contributed by atoms with Crippen molar-refractivity contribution in [3.63, 3.8) is 0 Å². The zero-order chi connectivity index (χ0) is 18.5. The van der Waals surface area contributed by atoms with E-state index >= 15 is 0 Å². The average molecular weight is 373 g/mol. The van der Waals surface area contributed by atoms with Crippen LogP contribution in [0.5, 0.6) is 5.75 Å². The monoisotopic (exact) mass is 372 g/mol. The highest BCUT2D eigenvalue weighted by Gasteiger charge is 2.27. The first-order chi connectivity index (χ1) is 12.6. The van der Waals surface area contributed by atoms with E-state index in [0.717, 1.165) is 54.5 Å². The molecule has 0 aliphatic carbocycles. The van der Waals surface area contributed by atoms with E-state index < -0.39 is 0 Å². The van der Waals surface area contributed by atoms with Crippen molar-refractivity contribution in [2.45, 2.75) is 32.4 Å². The van der Waals surface area contributed by atoms with Gasteiger partial charge in [-0.1, -0.05) is 35.9 Å². The topological polar surface area (TPSA) is 32.8 Å². The second kappa shape index (κ2) is 8.56. The maximum absolute atomic E-state index is 12.3. The number of amides is 1. The summed E-state index contributed by atoms with van der Waals surface area (Å²) in [7, 11) is 1.64. The predicted octanol–water partition coefficient (Wildman–Crippen LogP) is 4.37. The molecule has 1 aliphatic heterocycles. The molecule has 0 bridgehead atoms. The van der Waals surface area contributed by atoms with Gasteiger partial charge in [-0.3, -0.25) is 9.69 Å². The summed E-state index contributed by atoms with van der Waals surface area (Å²) in [5.41, 5.74) is 2.06. The molecule has 1 amide bonds. The molecule has 1 fully saturated rings. The highest BCUT2D eigenvalue weighted by molar-refractivity contribution is 6.31. The van der Waals surface area contributed by atoms with E-state index in [-0.39, 0.29) is 11.9 Å². The minimum Gasteiger partial charge on any atom is -0.497 e. The number of methoxy groups -OCH3 is 1. The van der Waals surface area contributed by atoms with Gasteiger partial charge in [0.25, 0.3) is 0 Å². The smallest absolute Gasteiger partial charge is 0.224 e. The van der Waals surface area contributed by atoms with Crippen LogP contribution in [0.1, 0.15) is 25.3 Å². The Balaban J connectivity index is 1.66. The van der Waals surface area contributed by atoms with Crippen LogP contribution < -0.4 is 9.64 Å². The van der Waals surface area contributed by atoms with Gasteiger partial charge < -0.3 is 9.64 Å². The van der Waals surface area contributed by atoms with Crippen molar-refractivity contribution in [2.75, 3.05) is 25.1 Å². The minimum absolute atomic E-state index is 0.0720. The summed E-state index contributed by atoms with van der Waals surface area (Å²) in [5.74, 6) is 0.840. The zero-order valence-corrected chi connectivity index (χ0v) is 16.1. The van der Waals surface area contributed by atoms with Crippen molar-refractivity contribution in [1.82, 2.24) is 4.90 Å². The van der Waals surface area contributed by atoms with Gasteiger partial charge in [-0.25, -0.2) is 0 Å². The third-order valence-electron chi connectivity index (χ3n) is 4.94. The Morgan fingerprint density at radius 3 is 2.58 bits per heavy atom. The van der Waals surface area contributed by atoms with Crippen molar-refractivity contribution in [2.24, 2.45) is 0 Å². The molecule has 0 unspecified atom stereocenters. The van der Waals surface area contributed by atoms with E-state index in [4.69, 9.17) is 16.3 Å². The number of halogens is 1. The number of anilines is 1. The lowest BCUT2D eigenvalue weighted by Gasteiger charge is -2.38. The van der Waals surface area contributed by atoms with Gasteiger partial charge in [0.15, 0.2) is 0 Å². The maximum Gasteiger partial charge on any atom is 0.224 e. The van der Waals surface area contributed by atoms with Gasteiger partial charge in [-0.2, -0.15) is 0 Å². The van der Waals surface area contributed by atoms with Crippen LogP contribution in [0.4, 0.5) is 5.69 Å². The highest BCUT2D eigenvalue weighted by Crippen LogP contribution is 2.28. The molecule has 1 saturated heterocycles. The van der Waals surface area contributed by atoms with E-state index in [2.05, 4.69) is 11.0 Å². The second-order valence-corrected chi connectivity index (χ2v) is 7.10. The fraction of sp³-hybridized carbons (Fsp3) is 0.381. The summed E-state index contributed by atoms with van der Waals surface area (Å²) >= 11 is 6.28. The summed E-state index contributed by atoms with van der Waals surface area (Å²) in [6, 6.07) is 15.9. The van der Waals surface area contributed by atoms with Crippen LogP contribution >= 0.6 is 11.6 Å². The molecule has 0 N–H and O–H groups in total. The Kier molecular flexibility index (Phi) is 6.17. The Bertz CT molecular complexity index is 757. The first kappa shape index (κ1) is 18.7. The molecule has 2 aromatic rings. The van der Waals surface area contributed by atoms with Crippen LogP contribution in [0.15, 0.2) is 48.5 Å². The summed E-state index contributed by atoms with van der Waals surface area (Å²) in [6.45, 7) is 4.38. The molecule has 0 aromatic heterocycles. The standard InChI is InChI=1S/C21H25ClN2O2/c1-16(25)24(19-7-5-8-20(14-19)26-2)18-10-12-23(13-11-18)15-17-6-3-4-9-21(17)22/h3-9,14,18H,10-13,15H2,1-2H3. The van der Waals surface area contributed by atoms with Gasteiger partial charge in [0.2, 0.25) is 5.91 Å². The van der Waals surface area contributed by atoms with Crippen molar-refractivity contribution in [3.8, 4) is 5.75 Å². The lowest BCUT2D eigenvalue weighted by Crippen LogP contribution is -2.46. The number of rotatable bonds is 5. The largest absolute Gasteiger partial charge is 0.497 e. The third-order valence-corrected chi connectivity index (χ3v) is 5.31. The Morgan fingerprint density at radius 2 is 1.92 bits per heavy atom. The molecule has 3 rings (SSSR count). The maximum atomic E-state index is 12.3. The predicted molar refractivity (Wildman–Crippen MR) is 106 cm³/mol. The van der Waals surface area contributed by atoms with E-state index in [1.54, 1.807) is 14.0 Å². The lowest BCUT2D eigenvalue weighted by atomic mass is 10.0. The molecule has 1 aliphatic rings. The number of nitrogens with zero attached hydrogens (tertiary/aromatic N) is 2. The van der Waals surface area contributed by atoms with Gasteiger partial charge in [-0.15, -0.1) is 0 Å². The Morgan fingerprint density at radius 1 is 1.19 bits per heavy atom. The number of hydrogen-bond acceptors (Lipinski definition) is 3. The number of hydrogen-bond donors (Lipinski definition) is 0. The molecule has 0 saturated carbocycles. The average Bonchev–Trinajstić information content (AvgIpc) is 2.65. The van der Waals surface area contributed by atoms with Crippen molar-refractivity contribution in [1.29, 1.82) is 0 Å². The van der Waals surface area contributed by atoms with E-state index in [9.17, 15) is 4.79 Å². The Hall–Kier alpha value is -2.04. The fourth-order valence-electron chi connectivity index (χ4n) is 3.61. The number of likely N-dealkylation sites (tertiary alicyclic amines) is 1. The summed E-state index contributed by atoms with van der Waals surface area (Å²) in [5, 5.41) is 0.816. The molecular weight excluding hydrogens is 348 g/mol. The fourth-order valence-corrected chi connectivity index (χ4v) is 3.81. The number of carbonyl (C=O) groups excluding carboxylic acids is 1. The van der Waals surface area contributed by atoms with Crippen molar-refractivity contribution in [3.05, 3.63) is 59.1 Å². The number of carbonyl (C=O) groups is 1. The van der Waals surface area contributed by atoms with E-state index in [0.29, 0.717) is 0 Å². The van der Waals surface area contributed by atoms with Gasteiger partial charge in [0, 0.05) is 49.4 Å². The Labute approximate surface area is 160 Å². The second-order valence-electron chi connectivity index (χ2n) is 6.69. The first-order valence-electron chi connectivity index (χ1n) is 8.98. The highest BCUT2D eigenvalue weighted by atomic mass is 35.5. The van der Waals surface area contributed by atoms with Gasteiger partial charge in [0.05, 0.1) is 7.11 Å². The molecule has 1 heterocycles. The molecule has 2 aromatic carbocycles. The molecule has 4 nitrogen and oxygen atoms in total. The molecular formula is C21H25ClN2O2. The molecule has 26 heavy (non-hydrogen) atoms. The van der Waals surface area contributed by atoms with Gasteiger partial charge in [0.1, 0.15) is 5.75 Å². The molecule has 5 heteroatoms. The van der Waals surface area contributed by atoms with Gasteiger partial charge in [-0.05, 0) is 36.6 Å². The van der Waals surface area contributed by atoms with E-state index in [1.165, 1.54) is 0 Å². The summed E-state index contributed by atoms with van der Waals surface area (Å²) < 4.78 is 5.31. The molecule has 0 atom stereocenters. The van der Waals surface area contributed by atoms with Crippen LogP contribution in [0.25, 0.3) is 0 Å². The lowest BCUT2D eigenvalue weighted by molar-refractivity contribution is -0.117. The van der Waals surface area contributed by atoms with Crippen molar-refractivity contribution < 1.29 is 9.53 Å². The molecule has 0 spiro atoms. The number of benzene rings is 2. The molecule has 138 valence electrons. The number of ether oxygens (including phenoxy) is 1. The van der Waals surface area contributed by atoms with Crippen LogP contribution in [-0.2, 0) is 11.3 Å². The summed E-state index contributed by atoms with van der Waals surface area (Å²) in [6.07, 6.45) is 1.89. The first-order valence-corrected chi connectivity index (χ1v) is 9.36. The van der Waals surface area contributed by atoms with Crippen molar-refractivity contribution >= 4 is 23.2 Å². The van der Waals surface area contributed by atoms with Crippen LogP contribution in [-0.4, -0.2) is 37.0 Å². The van der Waals surface area contributed by atoms with Crippen LogP contribution in [0, 0.1) is 0 Å². The summed E-state index contributed by atoms with van der Waals surface area (Å²) in [4.78, 5) is 16.6. The quantitative estimate of drug-likeness (QED) is 0.781. The normalized spacial score (nSPS) is 15.7. The third kappa shape index (κ3) is 4.37. The number of piperidine rings is 1. The van der Waals surface area contributed by atoms with Crippen LogP contribution in [0.3, 0.4) is 0 Å². The SMILES string of the molecule is COc1cccc(N(C(C)=O)C2CCN(Cc3ccccc3Cl)CC2)c1. The molecule has 0 radical (unpaired) electrons. The zero-order valence-electron chi connectivity index (χ0n) is 15.3.